The molecule has 1 heterocycles. The van der Waals surface area contributed by atoms with Crippen molar-refractivity contribution in [2.75, 3.05) is 0 Å². The molecule has 0 unspecified atom stereocenters. The molecule has 0 saturated heterocycles. The largest absolute Gasteiger partial charge is 0.481 e. The van der Waals surface area contributed by atoms with Crippen LogP contribution >= 0.6 is 0 Å². The summed E-state index contributed by atoms with van der Waals surface area (Å²) in [5, 5.41) is 10.3. The first-order valence-electron chi connectivity index (χ1n) is 7.89. The molecule has 0 saturated carbocycles. The van der Waals surface area contributed by atoms with Gasteiger partial charge in [0.1, 0.15) is 0 Å². The van der Waals surface area contributed by atoms with Gasteiger partial charge in [0.2, 0.25) is 0 Å². The van der Waals surface area contributed by atoms with Crippen molar-refractivity contribution in [2.24, 2.45) is 0 Å². The van der Waals surface area contributed by atoms with E-state index in [0.717, 1.165) is 33.3 Å². The van der Waals surface area contributed by atoms with Crippen LogP contribution in [0.2, 0.25) is 0 Å². The maximum absolute atomic E-state index is 11.3. The summed E-state index contributed by atoms with van der Waals surface area (Å²) in [5.74, 6) is -0.333. The molecule has 0 bridgehead atoms. The highest BCUT2D eigenvalue weighted by Crippen LogP contribution is 2.32. The molecular formula is C20H21NO2. The van der Waals surface area contributed by atoms with E-state index in [4.69, 9.17) is 0 Å². The molecule has 3 rings (SSSR count). The molecule has 0 spiro atoms. The predicted octanol–water partition coefficient (Wildman–Crippen LogP) is 4.89. The van der Waals surface area contributed by atoms with Gasteiger partial charge in [-0.3, -0.25) is 4.79 Å². The van der Waals surface area contributed by atoms with Crippen LogP contribution in [-0.2, 0) is 11.2 Å². The average molecular weight is 307 g/mol. The molecule has 2 N–H and O–H groups in total. The summed E-state index contributed by atoms with van der Waals surface area (Å²) in [6.07, 6.45) is 0.0186. The number of aromatic nitrogens is 1. The fourth-order valence-corrected chi connectivity index (χ4v) is 2.98. The standard InChI is InChI=1S/C20H21NO2/c1-12(2)14-5-7-15(8-6-14)20-17(11-19(22)23)16-10-13(3)4-9-18(16)21-20/h4-10,12,21H,11H2,1-3H3,(H,22,23). The molecule has 0 fully saturated rings. The van der Waals surface area contributed by atoms with Crippen molar-refractivity contribution in [2.45, 2.75) is 33.1 Å². The molecule has 23 heavy (non-hydrogen) atoms. The number of carboxylic acids is 1. The van der Waals surface area contributed by atoms with Crippen molar-refractivity contribution in [3.8, 4) is 11.3 Å². The SMILES string of the molecule is Cc1ccc2[nH]c(-c3ccc(C(C)C)cc3)c(CC(=O)O)c2c1. The second-order valence-electron chi connectivity index (χ2n) is 6.37. The summed E-state index contributed by atoms with van der Waals surface area (Å²) < 4.78 is 0. The summed E-state index contributed by atoms with van der Waals surface area (Å²) in [6.45, 7) is 6.35. The van der Waals surface area contributed by atoms with Crippen molar-refractivity contribution in [1.29, 1.82) is 0 Å². The Morgan fingerprint density at radius 1 is 1.13 bits per heavy atom. The first kappa shape index (κ1) is 15.3. The molecule has 0 radical (unpaired) electrons. The van der Waals surface area contributed by atoms with E-state index in [9.17, 15) is 9.90 Å². The lowest BCUT2D eigenvalue weighted by molar-refractivity contribution is -0.136. The van der Waals surface area contributed by atoms with Crippen LogP contribution in [0.15, 0.2) is 42.5 Å². The highest BCUT2D eigenvalue weighted by molar-refractivity contribution is 5.94. The number of carboxylic acid groups (broad SMARTS) is 1. The highest BCUT2D eigenvalue weighted by atomic mass is 16.4. The van der Waals surface area contributed by atoms with Gasteiger partial charge in [0.05, 0.1) is 12.1 Å². The summed E-state index contributed by atoms with van der Waals surface area (Å²) in [6, 6.07) is 14.5. The maximum atomic E-state index is 11.3. The Kier molecular flexibility index (Phi) is 3.95. The van der Waals surface area contributed by atoms with Crippen LogP contribution in [-0.4, -0.2) is 16.1 Å². The highest BCUT2D eigenvalue weighted by Gasteiger charge is 2.16. The number of carbonyl (C=O) groups is 1. The lowest BCUT2D eigenvalue weighted by Crippen LogP contribution is -2.01. The second kappa shape index (κ2) is 5.92. The lowest BCUT2D eigenvalue weighted by atomic mass is 9.98. The molecule has 1 aromatic heterocycles. The molecule has 2 aromatic carbocycles. The van der Waals surface area contributed by atoms with Gasteiger partial charge in [0.25, 0.3) is 0 Å². The number of hydrogen-bond acceptors (Lipinski definition) is 1. The molecule has 0 amide bonds. The van der Waals surface area contributed by atoms with Crippen molar-refractivity contribution in [1.82, 2.24) is 4.98 Å². The molecule has 3 aromatic rings. The minimum absolute atomic E-state index is 0.0186. The number of fused-ring (bicyclic) bond motifs is 1. The number of aryl methyl sites for hydroxylation is 1. The van der Waals surface area contributed by atoms with Crippen molar-refractivity contribution >= 4 is 16.9 Å². The predicted molar refractivity (Wildman–Crippen MR) is 93.9 cm³/mol. The van der Waals surface area contributed by atoms with E-state index in [1.165, 1.54) is 5.56 Å². The van der Waals surface area contributed by atoms with Crippen molar-refractivity contribution in [3.63, 3.8) is 0 Å². The second-order valence-corrected chi connectivity index (χ2v) is 6.37. The normalized spacial score (nSPS) is 11.3. The van der Waals surface area contributed by atoms with E-state index in [1.807, 2.05) is 19.1 Å². The third-order valence-electron chi connectivity index (χ3n) is 4.26. The third-order valence-corrected chi connectivity index (χ3v) is 4.26. The van der Waals surface area contributed by atoms with Crippen LogP contribution in [0.25, 0.3) is 22.2 Å². The molecule has 0 aliphatic carbocycles. The summed E-state index contributed by atoms with van der Waals surface area (Å²) in [7, 11) is 0. The minimum Gasteiger partial charge on any atom is -0.481 e. The van der Waals surface area contributed by atoms with Crippen LogP contribution in [0.3, 0.4) is 0 Å². The number of nitrogens with one attached hydrogen (secondary N) is 1. The van der Waals surface area contributed by atoms with E-state index in [1.54, 1.807) is 0 Å². The van der Waals surface area contributed by atoms with Crippen LogP contribution < -0.4 is 0 Å². The molecule has 3 nitrogen and oxygen atoms in total. The van der Waals surface area contributed by atoms with Gasteiger partial charge in [-0.25, -0.2) is 0 Å². The number of aliphatic carboxylic acids is 1. The molecule has 0 atom stereocenters. The monoisotopic (exact) mass is 307 g/mol. The van der Waals surface area contributed by atoms with Crippen molar-refractivity contribution < 1.29 is 9.90 Å². The Morgan fingerprint density at radius 2 is 1.83 bits per heavy atom. The summed E-state index contributed by atoms with van der Waals surface area (Å²) in [5.41, 5.74) is 6.18. The first-order chi connectivity index (χ1) is 11.0. The zero-order chi connectivity index (χ0) is 16.6. The Bertz CT molecular complexity index is 857. The number of rotatable bonds is 4. The van der Waals surface area contributed by atoms with Gasteiger partial charge in [-0.2, -0.15) is 0 Å². The number of H-pyrrole nitrogens is 1. The summed E-state index contributed by atoms with van der Waals surface area (Å²) >= 11 is 0. The lowest BCUT2D eigenvalue weighted by Gasteiger charge is -2.07. The van der Waals surface area contributed by atoms with Gasteiger partial charge in [0, 0.05) is 10.9 Å². The fourth-order valence-electron chi connectivity index (χ4n) is 2.98. The molecule has 118 valence electrons. The van der Waals surface area contributed by atoms with E-state index in [0.29, 0.717) is 5.92 Å². The molecular weight excluding hydrogens is 286 g/mol. The van der Waals surface area contributed by atoms with Crippen LogP contribution in [0.4, 0.5) is 0 Å². The van der Waals surface area contributed by atoms with Gasteiger partial charge in [-0.1, -0.05) is 49.7 Å². The van der Waals surface area contributed by atoms with Gasteiger partial charge >= 0.3 is 5.97 Å². The Balaban J connectivity index is 2.17. The minimum atomic E-state index is -0.813. The van der Waals surface area contributed by atoms with Crippen LogP contribution in [0.5, 0.6) is 0 Å². The Labute approximate surface area is 136 Å². The van der Waals surface area contributed by atoms with Gasteiger partial charge < -0.3 is 10.1 Å². The fraction of sp³-hybridized carbons (Fsp3) is 0.250. The van der Waals surface area contributed by atoms with Gasteiger partial charge in [-0.05, 0) is 41.7 Å². The topological polar surface area (TPSA) is 53.1 Å². The van der Waals surface area contributed by atoms with E-state index < -0.39 is 5.97 Å². The van der Waals surface area contributed by atoms with E-state index >= 15 is 0 Å². The number of benzene rings is 2. The molecule has 0 aliphatic rings. The Morgan fingerprint density at radius 3 is 2.43 bits per heavy atom. The van der Waals surface area contributed by atoms with E-state index in [-0.39, 0.29) is 6.42 Å². The molecule has 3 heteroatoms. The first-order valence-corrected chi connectivity index (χ1v) is 7.89. The van der Waals surface area contributed by atoms with Crippen LogP contribution in [0, 0.1) is 6.92 Å². The van der Waals surface area contributed by atoms with Crippen LogP contribution in [0.1, 0.15) is 36.5 Å². The molecule has 0 aliphatic heterocycles. The average Bonchev–Trinajstić information content (AvgIpc) is 2.85. The quantitative estimate of drug-likeness (QED) is 0.720. The number of aromatic amines is 1. The summed E-state index contributed by atoms with van der Waals surface area (Å²) in [4.78, 5) is 14.7. The smallest absolute Gasteiger partial charge is 0.307 e. The van der Waals surface area contributed by atoms with Gasteiger partial charge in [-0.15, -0.1) is 0 Å². The zero-order valence-electron chi connectivity index (χ0n) is 13.7. The third kappa shape index (κ3) is 3.00. The Hall–Kier alpha value is -2.55. The van der Waals surface area contributed by atoms with E-state index in [2.05, 4.69) is 49.2 Å². The maximum Gasteiger partial charge on any atom is 0.307 e. The van der Waals surface area contributed by atoms with Gasteiger partial charge in [0.15, 0.2) is 0 Å². The van der Waals surface area contributed by atoms with Crippen molar-refractivity contribution in [3.05, 3.63) is 59.2 Å². The number of hydrogen-bond donors (Lipinski definition) is 2. The zero-order valence-corrected chi connectivity index (χ0v) is 13.7.